The molecule has 8 rings (SSSR count). The topological polar surface area (TPSA) is 290 Å². The number of benzene rings is 1. The number of anilines is 1. The maximum atomic E-state index is 13.6. The Bertz CT molecular complexity index is 2330. The number of carbonyl (C=O) groups excluding carboxylic acids is 4. The molecule has 4 saturated heterocycles. The van der Waals surface area contributed by atoms with E-state index >= 15 is 0 Å². The van der Waals surface area contributed by atoms with E-state index in [1.54, 1.807) is 0 Å². The fraction of sp³-hybridized carbons (Fsp3) is 0.444. The predicted octanol–water partition coefficient (Wildman–Crippen LogP) is -0.215. The van der Waals surface area contributed by atoms with Gasteiger partial charge in [0.15, 0.2) is 22.3 Å². The third-order valence-electron chi connectivity index (χ3n) is 11.5. The number of thioether (sulfide) groups is 1. The first-order chi connectivity index (χ1) is 26.8. The summed E-state index contributed by atoms with van der Waals surface area (Å²) in [6.45, 7) is 7.08. The van der Waals surface area contributed by atoms with Crippen molar-refractivity contribution in [2.45, 2.75) is 62.3 Å². The zero-order valence-corrected chi connectivity index (χ0v) is 32.6. The van der Waals surface area contributed by atoms with Crippen LogP contribution in [0.25, 0.3) is 10.9 Å². The number of hydrogen-bond donors (Lipinski definition) is 7. The van der Waals surface area contributed by atoms with Crippen LogP contribution in [0.3, 0.4) is 0 Å². The van der Waals surface area contributed by atoms with Gasteiger partial charge in [0.2, 0.25) is 11.0 Å². The van der Waals surface area contributed by atoms with Gasteiger partial charge in [-0.05, 0) is 26.8 Å². The molecule has 8 N–H and O–H groups in total. The van der Waals surface area contributed by atoms with Crippen LogP contribution < -0.4 is 26.9 Å². The SMILES string of the molecule is C[C@@H]1S[C@@H]2[C@H](NC(=O)C(=NOC(C)(C)C(=O)O)c3csc(N)n3)C(=O)N2C(C(=O)[O-])=C1C[N+]12CCC(CNC(=O)c3c[nH]c4cc(O)c(O)cc4c3=O)(CC1)CC2. The number of aliphatic carboxylic acids is 2. The molecular formula is C36H40N8O11S2. The van der Waals surface area contributed by atoms with E-state index in [0.717, 1.165) is 41.6 Å². The number of rotatable bonds is 12. The molecule has 2 aromatic heterocycles. The van der Waals surface area contributed by atoms with Crippen molar-refractivity contribution in [1.29, 1.82) is 0 Å². The van der Waals surface area contributed by atoms with E-state index in [0.29, 0.717) is 42.8 Å². The number of phenolic OH excluding ortho intramolecular Hbond substituents is 2. The zero-order valence-electron chi connectivity index (χ0n) is 31.0. The second-order valence-corrected chi connectivity index (χ2v) is 17.8. The average molecular weight is 825 g/mol. The van der Waals surface area contributed by atoms with Crippen molar-refractivity contribution in [3.63, 3.8) is 0 Å². The Kier molecular flexibility index (Phi) is 9.97. The minimum atomic E-state index is -1.80. The van der Waals surface area contributed by atoms with Crippen LogP contribution >= 0.6 is 23.1 Å². The number of oxime groups is 1. The number of pyridine rings is 1. The molecule has 302 valence electrons. The van der Waals surface area contributed by atoms with Crippen LogP contribution in [0.4, 0.5) is 5.13 Å². The Morgan fingerprint density at radius 2 is 1.82 bits per heavy atom. The number of aromatic nitrogens is 2. The van der Waals surface area contributed by atoms with Crippen molar-refractivity contribution in [3.8, 4) is 11.5 Å². The summed E-state index contributed by atoms with van der Waals surface area (Å²) in [5, 5.41) is 51.5. The lowest BCUT2D eigenvalue weighted by atomic mass is 9.70. The van der Waals surface area contributed by atoms with Gasteiger partial charge in [-0.25, -0.2) is 9.78 Å². The molecule has 3 aromatic rings. The molecule has 1 aromatic carbocycles. The van der Waals surface area contributed by atoms with Crippen LogP contribution in [-0.4, -0.2) is 125 Å². The molecule has 3 atom stereocenters. The fourth-order valence-corrected chi connectivity index (χ4v) is 9.82. The number of amides is 3. The van der Waals surface area contributed by atoms with Crippen LogP contribution in [0.1, 0.15) is 56.1 Å². The first kappa shape index (κ1) is 39.6. The van der Waals surface area contributed by atoms with E-state index in [4.69, 9.17) is 10.6 Å². The number of fused-ring (bicyclic) bond motifs is 5. The highest BCUT2D eigenvalue weighted by molar-refractivity contribution is 8.00. The molecule has 21 heteroatoms. The number of phenols is 2. The van der Waals surface area contributed by atoms with Crippen molar-refractivity contribution >= 4 is 74.5 Å². The number of thiazole rings is 1. The van der Waals surface area contributed by atoms with Crippen molar-refractivity contribution in [1.82, 2.24) is 25.5 Å². The maximum Gasteiger partial charge on any atom is 0.350 e. The van der Waals surface area contributed by atoms with Crippen LogP contribution in [-0.2, 0) is 24.0 Å². The Morgan fingerprint density at radius 1 is 1.16 bits per heavy atom. The number of carboxylic acids is 2. The number of piperidine rings is 3. The molecule has 0 saturated carbocycles. The summed E-state index contributed by atoms with van der Waals surface area (Å²) < 4.78 is 0.587. The number of carboxylic acid groups (broad SMARTS) is 2. The minimum absolute atomic E-state index is 0.00453. The molecule has 7 heterocycles. The second-order valence-electron chi connectivity index (χ2n) is 15.4. The number of aromatic hydroxyl groups is 2. The van der Waals surface area contributed by atoms with E-state index in [1.807, 2.05) is 6.92 Å². The number of nitrogens with one attached hydrogen (secondary N) is 3. The van der Waals surface area contributed by atoms with Crippen molar-refractivity contribution in [3.05, 3.63) is 56.5 Å². The van der Waals surface area contributed by atoms with Crippen molar-refractivity contribution < 1.29 is 53.7 Å². The van der Waals surface area contributed by atoms with Gasteiger partial charge in [-0.15, -0.1) is 23.1 Å². The number of hydrogen-bond acceptors (Lipinski definition) is 15. The third-order valence-corrected chi connectivity index (χ3v) is 13.6. The van der Waals surface area contributed by atoms with E-state index in [2.05, 4.69) is 25.8 Å². The van der Waals surface area contributed by atoms with Crippen LogP contribution in [0.2, 0.25) is 0 Å². The first-order valence-electron chi connectivity index (χ1n) is 18.0. The molecule has 0 unspecified atom stereocenters. The number of nitrogens with two attached hydrogens (primary N) is 1. The highest BCUT2D eigenvalue weighted by Gasteiger charge is 2.56. The van der Waals surface area contributed by atoms with Gasteiger partial charge in [0, 0.05) is 59.7 Å². The highest BCUT2D eigenvalue weighted by atomic mass is 32.2. The summed E-state index contributed by atoms with van der Waals surface area (Å²) >= 11 is 2.33. The van der Waals surface area contributed by atoms with Crippen molar-refractivity contribution in [2.75, 3.05) is 38.5 Å². The number of nitrogen functional groups attached to an aromatic ring is 1. The number of H-pyrrole nitrogens is 1. The highest BCUT2D eigenvalue weighted by Crippen LogP contribution is 2.48. The molecule has 5 aliphatic rings. The average Bonchev–Trinajstić information content (AvgIpc) is 3.60. The summed E-state index contributed by atoms with van der Waals surface area (Å²) in [4.78, 5) is 90.9. The molecule has 3 amide bonds. The Labute approximate surface area is 332 Å². The summed E-state index contributed by atoms with van der Waals surface area (Å²) in [7, 11) is 0. The molecule has 4 fully saturated rings. The van der Waals surface area contributed by atoms with Crippen LogP contribution in [0.15, 0.2) is 44.9 Å². The van der Waals surface area contributed by atoms with Crippen molar-refractivity contribution in [2.24, 2.45) is 10.6 Å². The minimum Gasteiger partial charge on any atom is -0.543 e. The fourth-order valence-electron chi connectivity index (χ4n) is 7.83. The molecule has 19 nitrogen and oxygen atoms in total. The number of carbonyl (C=O) groups is 5. The predicted molar refractivity (Wildman–Crippen MR) is 204 cm³/mol. The van der Waals surface area contributed by atoms with Gasteiger partial charge >= 0.3 is 5.97 Å². The largest absolute Gasteiger partial charge is 0.543 e. The summed E-state index contributed by atoms with van der Waals surface area (Å²) in [6, 6.07) is 1.17. The maximum absolute atomic E-state index is 13.6. The lowest BCUT2D eigenvalue weighted by Gasteiger charge is -2.57. The van der Waals surface area contributed by atoms with Gasteiger partial charge in [0.25, 0.3) is 17.7 Å². The van der Waals surface area contributed by atoms with E-state index in [1.165, 1.54) is 43.3 Å². The molecule has 0 aliphatic carbocycles. The first-order valence-corrected chi connectivity index (χ1v) is 19.8. The van der Waals surface area contributed by atoms with Gasteiger partial charge in [0.05, 0.1) is 42.2 Å². The smallest absolute Gasteiger partial charge is 0.350 e. The standard InChI is InChI=1S/C36H40N8O11S2/c1-16-19(13-44-7-4-36(5-8-44,6-9-44)15-39-28(48)18-12-38-20-11-23(46)22(45)10-17(20)27(18)47)26(32(51)52)43-30(50)25(31(43)57-16)41-29(49)24(21-14-56-34(37)40-21)42-55-35(2,3)33(53)54/h10-12,14,16,25,31H,4-9,13,15H2,1-3H3,(H8-,37,38,39,40,41,42,45,46,47,48,49,51,52,53,54)/t16-,25+,31+,36?,44?/m0/s1. The summed E-state index contributed by atoms with van der Waals surface area (Å²) in [5.74, 6) is -5.86. The lowest BCUT2D eigenvalue weighted by molar-refractivity contribution is -0.941. The Morgan fingerprint density at radius 3 is 2.44 bits per heavy atom. The molecule has 2 bridgehead atoms. The Hall–Kier alpha value is -5.67. The van der Waals surface area contributed by atoms with Gasteiger partial charge in [0.1, 0.15) is 29.2 Å². The number of aromatic amines is 1. The Balaban J connectivity index is 1.02. The number of nitrogens with zero attached hydrogens (tertiary/aromatic N) is 4. The zero-order chi connectivity index (χ0) is 41.2. The molecular weight excluding hydrogens is 785 g/mol. The van der Waals surface area contributed by atoms with E-state index < -0.39 is 69.3 Å². The van der Waals surface area contributed by atoms with Gasteiger partial charge < -0.3 is 55.9 Å². The van der Waals surface area contributed by atoms with E-state index in [-0.39, 0.29) is 43.7 Å². The van der Waals surface area contributed by atoms with Crippen LogP contribution in [0.5, 0.6) is 11.5 Å². The second kappa shape index (κ2) is 14.4. The third kappa shape index (κ3) is 7.14. The quantitative estimate of drug-likeness (QED) is 0.0409. The number of β-lactam (4-membered cyclic amide) rings is 1. The summed E-state index contributed by atoms with van der Waals surface area (Å²) in [6.07, 6.45) is 3.46. The molecule has 5 aliphatic heterocycles. The van der Waals surface area contributed by atoms with Gasteiger partial charge in [-0.3, -0.25) is 24.1 Å². The lowest BCUT2D eigenvalue weighted by Crippen LogP contribution is -2.72. The molecule has 57 heavy (non-hydrogen) atoms. The van der Waals surface area contributed by atoms with Gasteiger partial charge in [-0.2, -0.15) is 0 Å². The van der Waals surface area contributed by atoms with Gasteiger partial charge in [-0.1, -0.05) is 5.16 Å². The van der Waals surface area contributed by atoms with Crippen LogP contribution in [0, 0.1) is 5.41 Å². The van der Waals surface area contributed by atoms with E-state index in [9.17, 15) is 49.2 Å². The monoisotopic (exact) mass is 824 g/mol. The molecule has 0 radical (unpaired) electrons. The molecule has 0 spiro atoms. The number of quaternary nitrogens is 1. The summed E-state index contributed by atoms with van der Waals surface area (Å²) in [5.41, 5.74) is 3.18. The normalized spacial score (nSPS) is 25.8.